The molecule has 5 nitrogen and oxygen atoms in total. The van der Waals surface area contributed by atoms with Crippen molar-refractivity contribution in [2.45, 2.75) is 25.9 Å². The molecule has 106 valence electrons. The highest BCUT2D eigenvalue weighted by atomic mass is 32.2. The number of carbonyl (C=O) groups excluding carboxylic acids is 1. The van der Waals surface area contributed by atoms with Crippen molar-refractivity contribution in [1.82, 2.24) is 0 Å². The Morgan fingerprint density at radius 1 is 1.28 bits per heavy atom. The van der Waals surface area contributed by atoms with Crippen LogP contribution in [0.25, 0.3) is 0 Å². The Balaban J connectivity index is 4.32. The van der Waals surface area contributed by atoms with Crippen LogP contribution in [-0.2, 0) is 9.59 Å². The van der Waals surface area contributed by atoms with Crippen molar-refractivity contribution in [2.24, 2.45) is 5.92 Å². The second-order valence-corrected chi connectivity index (χ2v) is 6.43. The Labute approximate surface area is 113 Å². The summed E-state index contributed by atoms with van der Waals surface area (Å²) in [5.41, 5.74) is 0. The summed E-state index contributed by atoms with van der Waals surface area (Å²) < 4.78 is 0.671. The number of aliphatic carboxylic acids is 1. The molecule has 0 aromatic rings. The van der Waals surface area contributed by atoms with Gasteiger partial charge in [0.1, 0.15) is 0 Å². The van der Waals surface area contributed by atoms with Gasteiger partial charge < -0.3 is 14.7 Å². The van der Waals surface area contributed by atoms with Gasteiger partial charge in [0.15, 0.2) is 5.12 Å². The molecule has 0 heterocycles. The summed E-state index contributed by atoms with van der Waals surface area (Å²) in [4.78, 5) is 22.2. The number of carboxylic acids is 1. The summed E-state index contributed by atoms with van der Waals surface area (Å²) in [7, 11) is 5.95. The van der Waals surface area contributed by atoms with E-state index in [1.54, 1.807) is 6.92 Å². The van der Waals surface area contributed by atoms with Crippen molar-refractivity contribution in [2.75, 3.05) is 33.4 Å². The zero-order chi connectivity index (χ0) is 14.3. The van der Waals surface area contributed by atoms with Gasteiger partial charge in [0, 0.05) is 18.6 Å². The molecule has 0 amide bonds. The van der Waals surface area contributed by atoms with Crippen LogP contribution in [0.15, 0.2) is 0 Å². The Morgan fingerprint density at radius 2 is 1.83 bits per heavy atom. The van der Waals surface area contributed by atoms with Crippen LogP contribution < -0.4 is 0 Å². The lowest BCUT2D eigenvalue weighted by molar-refractivity contribution is -0.870. The molecule has 0 fully saturated rings. The standard InChI is InChI=1S/C12H23NO4S/c1-5-11(15)18-8-9(12(16)17)10(14)6-7-13(2,3)4/h9-10,14H,5-8H2,1-4H3/p+1/t9?,10-/m1/s1. The number of hydrogen-bond acceptors (Lipinski definition) is 4. The molecule has 0 bridgehead atoms. The predicted molar refractivity (Wildman–Crippen MR) is 72.4 cm³/mol. The highest BCUT2D eigenvalue weighted by Crippen LogP contribution is 2.18. The first-order valence-corrected chi connectivity index (χ1v) is 7.03. The van der Waals surface area contributed by atoms with Gasteiger partial charge in [-0.1, -0.05) is 18.7 Å². The third-order valence-corrected chi connectivity index (χ3v) is 3.73. The van der Waals surface area contributed by atoms with E-state index >= 15 is 0 Å². The van der Waals surface area contributed by atoms with E-state index in [0.717, 1.165) is 11.8 Å². The van der Waals surface area contributed by atoms with Crippen molar-refractivity contribution in [1.29, 1.82) is 0 Å². The Bertz CT molecular complexity index is 288. The molecule has 0 saturated carbocycles. The first-order valence-electron chi connectivity index (χ1n) is 6.04. The number of quaternary nitrogens is 1. The fourth-order valence-electron chi connectivity index (χ4n) is 1.35. The molecule has 0 aromatic carbocycles. The first-order chi connectivity index (χ1) is 8.17. The first kappa shape index (κ1) is 17.4. The van der Waals surface area contributed by atoms with Gasteiger partial charge in [-0.05, 0) is 0 Å². The summed E-state index contributed by atoms with van der Waals surface area (Å²) in [6, 6.07) is 0. The summed E-state index contributed by atoms with van der Waals surface area (Å²) >= 11 is 0.990. The molecule has 0 radical (unpaired) electrons. The molecule has 2 N–H and O–H groups in total. The van der Waals surface area contributed by atoms with Gasteiger partial charge in [-0.25, -0.2) is 0 Å². The zero-order valence-electron chi connectivity index (χ0n) is 11.5. The lowest BCUT2D eigenvalue weighted by Gasteiger charge is -2.26. The van der Waals surface area contributed by atoms with Crippen LogP contribution in [0.2, 0.25) is 0 Å². The van der Waals surface area contributed by atoms with Gasteiger partial charge in [-0.3, -0.25) is 9.59 Å². The number of thioether (sulfide) groups is 1. The molecule has 18 heavy (non-hydrogen) atoms. The van der Waals surface area contributed by atoms with Crippen LogP contribution >= 0.6 is 11.8 Å². The molecule has 0 spiro atoms. The van der Waals surface area contributed by atoms with Gasteiger partial charge in [0.05, 0.1) is 39.7 Å². The van der Waals surface area contributed by atoms with E-state index in [2.05, 4.69) is 0 Å². The van der Waals surface area contributed by atoms with Gasteiger partial charge >= 0.3 is 5.97 Å². The Hall–Kier alpha value is -0.590. The number of rotatable bonds is 8. The zero-order valence-corrected chi connectivity index (χ0v) is 12.4. The molecule has 0 aromatic heterocycles. The van der Waals surface area contributed by atoms with Gasteiger partial charge in [-0.2, -0.15) is 0 Å². The van der Waals surface area contributed by atoms with E-state index in [1.165, 1.54) is 0 Å². The van der Waals surface area contributed by atoms with Crippen LogP contribution in [0.5, 0.6) is 0 Å². The maximum Gasteiger partial charge on any atom is 0.309 e. The van der Waals surface area contributed by atoms with Crippen LogP contribution in [-0.4, -0.2) is 65.3 Å². The van der Waals surface area contributed by atoms with E-state index in [9.17, 15) is 14.7 Å². The lowest BCUT2D eigenvalue weighted by Crippen LogP contribution is -2.40. The van der Waals surface area contributed by atoms with Crippen molar-refractivity contribution in [3.63, 3.8) is 0 Å². The fraction of sp³-hybridized carbons (Fsp3) is 0.833. The van der Waals surface area contributed by atoms with Gasteiger partial charge in [-0.15, -0.1) is 0 Å². The van der Waals surface area contributed by atoms with E-state index in [-0.39, 0.29) is 10.9 Å². The Kier molecular flexibility index (Phi) is 7.51. The molecule has 0 rings (SSSR count). The lowest BCUT2D eigenvalue weighted by atomic mass is 10.0. The minimum atomic E-state index is -1.04. The van der Waals surface area contributed by atoms with Gasteiger partial charge in [0.2, 0.25) is 0 Å². The normalized spacial score (nSPS) is 15.2. The monoisotopic (exact) mass is 278 g/mol. The number of aliphatic hydroxyl groups is 1. The molecule has 0 aliphatic heterocycles. The van der Waals surface area contributed by atoms with Crippen molar-refractivity contribution < 1.29 is 24.3 Å². The number of nitrogens with zero attached hydrogens (tertiary/aromatic N) is 1. The number of carbonyl (C=O) groups is 2. The number of carboxylic acid groups (broad SMARTS) is 1. The maximum absolute atomic E-state index is 11.2. The fourth-order valence-corrected chi connectivity index (χ4v) is 2.29. The topological polar surface area (TPSA) is 74.6 Å². The Morgan fingerprint density at radius 3 is 2.22 bits per heavy atom. The predicted octanol–water partition coefficient (Wildman–Crippen LogP) is 0.814. The molecule has 0 aliphatic rings. The third-order valence-electron chi connectivity index (χ3n) is 2.59. The average molecular weight is 278 g/mol. The van der Waals surface area contributed by atoms with E-state index < -0.39 is 18.0 Å². The molecule has 1 unspecified atom stereocenters. The second-order valence-electron chi connectivity index (χ2n) is 5.35. The summed E-state index contributed by atoms with van der Waals surface area (Å²) in [6.45, 7) is 2.43. The summed E-state index contributed by atoms with van der Waals surface area (Å²) in [5, 5.41) is 18.9. The van der Waals surface area contributed by atoms with E-state index in [4.69, 9.17) is 5.11 Å². The molecular formula is C12H24NO4S+. The SMILES string of the molecule is CCC(=O)SCC(C(=O)O)[C@H](O)CC[N+](C)(C)C. The van der Waals surface area contributed by atoms with Crippen LogP contribution in [0, 0.1) is 5.92 Å². The molecular weight excluding hydrogens is 254 g/mol. The quantitative estimate of drug-likeness (QED) is 0.643. The third kappa shape index (κ3) is 7.68. The van der Waals surface area contributed by atoms with Crippen LogP contribution in [0.4, 0.5) is 0 Å². The molecule has 0 aliphatic carbocycles. The molecule has 6 heteroatoms. The summed E-state index contributed by atoms with van der Waals surface area (Å²) in [6.07, 6.45) is -0.107. The molecule has 0 saturated heterocycles. The maximum atomic E-state index is 11.2. The smallest absolute Gasteiger partial charge is 0.309 e. The van der Waals surface area contributed by atoms with Crippen LogP contribution in [0.3, 0.4) is 0 Å². The van der Waals surface area contributed by atoms with Crippen molar-refractivity contribution in [3.8, 4) is 0 Å². The highest BCUT2D eigenvalue weighted by molar-refractivity contribution is 8.13. The van der Waals surface area contributed by atoms with Crippen molar-refractivity contribution in [3.05, 3.63) is 0 Å². The van der Waals surface area contributed by atoms with Gasteiger partial charge in [0.25, 0.3) is 0 Å². The number of aliphatic hydroxyl groups excluding tert-OH is 1. The van der Waals surface area contributed by atoms with Crippen LogP contribution in [0.1, 0.15) is 19.8 Å². The average Bonchev–Trinajstić information content (AvgIpc) is 2.24. The minimum Gasteiger partial charge on any atom is -0.481 e. The summed E-state index contributed by atoms with van der Waals surface area (Å²) in [5.74, 6) is -1.78. The van der Waals surface area contributed by atoms with E-state index in [0.29, 0.717) is 23.9 Å². The van der Waals surface area contributed by atoms with Crippen molar-refractivity contribution >= 4 is 22.8 Å². The minimum absolute atomic E-state index is 0.0416. The molecule has 2 atom stereocenters. The largest absolute Gasteiger partial charge is 0.481 e. The van der Waals surface area contributed by atoms with E-state index in [1.807, 2.05) is 21.1 Å². The highest BCUT2D eigenvalue weighted by Gasteiger charge is 2.28. The second kappa shape index (κ2) is 7.76. The number of hydrogen-bond donors (Lipinski definition) is 2.